The SMILES string of the molecule is COc1ccc(Cl)cc1NC(=O)[C@@H](C)OC(=O)c1ccc(C)cc1C. The number of anilines is 1. The molecule has 0 saturated carbocycles. The number of halogens is 1. The molecule has 2 rings (SSSR count). The third-order valence-electron chi connectivity index (χ3n) is 3.67. The van der Waals surface area contributed by atoms with E-state index in [1.807, 2.05) is 26.0 Å². The van der Waals surface area contributed by atoms with Gasteiger partial charge in [0.05, 0.1) is 18.4 Å². The van der Waals surface area contributed by atoms with Crippen molar-refractivity contribution >= 4 is 29.2 Å². The molecule has 0 bridgehead atoms. The molecule has 0 aliphatic heterocycles. The first kappa shape index (κ1) is 18.8. The van der Waals surface area contributed by atoms with Crippen LogP contribution in [0.25, 0.3) is 0 Å². The molecule has 0 radical (unpaired) electrons. The Kier molecular flexibility index (Phi) is 6.04. The van der Waals surface area contributed by atoms with Gasteiger partial charge in [-0.25, -0.2) is 4.79 Å². The summed E-state index contributed by atoms with van der Waals surface area (Å²) < 4.78 is 10.4. The topological polar surface area (TPSA) is 64.6 Å². The van der Waals surface area contributed by atoms with E-state index in [1.54, 1.807) is 24.3 Å². The fourth-order valence-corrected chi connectivity index (χ4v) is 2.50. The molecule has 0 saturated heterocycles. The molecule has 0 spiro atoms. The lowest BCUT2D eigenvalue weighted by Gasteiger charge is -2.16. The lowest BCUT2D eigenvalue weighted by atomic mass is 10.1. The van der Waals surface area contributed by atoms with Gasteiger partial charge in [-0.3, -0.25) is 4.79 Å². The molecule has 1 amide bonds. The number of aryl methyl sites for hydroxylation is 2. The van der Waals surface area contributed by atoms with Crippen LogP contribution < -0.4 is 10.1 Å². The van der Waals surface area contributed by atoms with Gasteiger partial charge in [-0.15, -0.1) is 0 Å². The van der Waals surface area contributed by atoms with Crippen molar-refractivity contribution in [1.29, 1.82) is 0 Å². The largest absolute Gasteiger partial charge is 0.495 e. The van der Waals surface area contributed by atoms with Crippen molar-refractivity contribution in [2.75, 3.05) is 12.4 Å². The maximum atomic E-state index is 12.3. The Morgan fingerprint density at radius 2 is 1.84 bits per heavy atom. The summed E-state index contributed by atoms with van der Waals surface area (Å²) in [7, 11) is 1.49. The molecule has 0 unspecified atom stereocenters. The Morgan fingerprint density at radius 1 is 1.12 bits per heavy atom. The fraction of sp³-hybridized carbons (Fsp3) is 0.263. The number of benzene rings is 2. The van der Waals surface area contributed by atoms with E-state index in [4.69, 9.17) is 21.1 Å². The Labute approximate surface area is 151 Å². The number of carbonyl (C=O) groups is 2. The van der Waals surface area contributed by atoms with Gasteiger partial charge in [-0.05, 0) is 50.6 Å². The minimum atomic E-state index is -0.975. The van der Waals surface area contributed by atoms with Crippen molar-refractivity contribution in [1.82, 2.24) is 0 Å². The van der Waals surface area contributed by atoms with Crippen molar-refractivity contribution in [3.8, 4) is 5.75 Å². The fourth-order valence-electron chi connectivity index (χ4n) is 2.33. The van der Waals surface area contributed by atoms with Gasteiger partial charge in [-0.1, -0.05) is 29.3 Å². The van der Waals surface area contributed by atoms with E-state index in [1.165, 1.54) is 14.0 Å². The van der Waals surface area contributed by atoms with E-state index in [2.05, 4.69) is 5.32 Å². The summed E-state index contributed by atoms with van der Waals surface area (Å²) in [5.41, 5.74) is 2.70. The van der Waals surface area contributed by atoms with E-state index >= 15 is 0 Å². The molecule has 2 aromatic carbocycles. The lowest BCUT2D eigenvalue weighted by Crippen LogP contribution is -2.30. The summed E-state index contributed by atoms with van der Waals surface area (Å²) in [6, 6.07) is 10.3. The first-order valence-electron chi connectivity index (χ1n) is 7.74. The van der Waals surface area contributed by atoms with Crippen LogP contribution in [0.5, 0.6) is 5.75 Å². The number of ether oxygens (including phenoxy) is 2. The summed E-state index contributed by atoms with van der Waals surface area (Å²) >= 11 is 5.94. The Morgan fingerprint density at radius 3 is 2.48 bits per heavy atom. The van der Waals surface area contributed by atoms with Gasteiger partial charge in [0.25, 0.3) is 5.91 Å². The molecule has 0 heterocycles. The second-order valence-corrected chi connectivity index (χ2v) is 6.14. The zero-order valence-electron chi connectivity index (χ0n) is 14.6. The number of esters is 1. The van der Waals surface area contributed by atoms with Crippen LogP contribution >= 0.6 is 11.6 Å². The molecule has 1 N–H and O–H groups in total. The van der Waals surface area contributed by atoms with Crippen molar-refractivity contribution in [3.63, 3.8) is 0 Å². The van der Waals surface area contributed by atoms with Crippen LogP contribution in [0, 0.1) is 13.8 Å². The monoisotopic (exact) mass is 361 g/mol. The quantitative estimate of drug-likeness (QED) is 0.812. The zero-order valence-corrected chi connectivity index (χ0v) is 15.3. The minimum absolute atomic E-state index is 0.411. The molecule has 5 nitrogen and oxygen atoms in total. The molecule has 132 valence electrons. The van der Waals surface area contributed by atoms with Crippen molar-refractivity contribution < 1.29 is 19.1 Å². The maximum Gasteiger partial charge on any atom is 0.339 e. The molecule has 25 heavy (non-hydrogen) atoms. The van der Waals surface area contributed by atoms with E-state index in [9.17, 15) is 9.59 Å². The van der Waals surface area contributed by atoms with E-state index in [-0.39, 0.29) is 0 Å². The van der Waals surface area contributed by atoms with Gasteiger partial charge in [0.2, 0.25) is 0 Å². The first-order chi connectivity index (χ1) is 11.8. The smallest absolute Gasteiger partial charge is 0.339 e. The number of amides is 1. The van der Waals surface area contributed by atoms with Crippen LogP contribution in [-0.4, -0.2) is 25.1 Å². The highest BCUT2D eigenvalue weighted by Crippen LogP contribution is 2.27. The van der Waals surface area contributed by atoms with Gasteiger partial charge >= 0.3 is 5.97 Å². The normalized spacial score (nSPS) is 11.6. The summed E-state index contributed by atoms with van der Waals surface area (Å²) in [6.07, 6.45) is -0.975. The van der Waals surface area contributed by atoms with Crippen LogP contribution in [-0.2, 0) is 9.53 Å². The van der Waals surface area contributed by atoms with Crippen LogP contribution in [0.4, 0.5) is 5.69 Å². The maximum absolute atomic E-state index is 12.3. The second kappa shape index (κ2) is 8.03. The molecule has 0 fully saturated rings. The van der Waals surface area contributed by atoms with Gasteiger partial charge in [0, 0.05) is 5.02 Å². The van der Waals surface area contributed by atoms with Crippen LogP contribution in [0.15, 0.2) is 36.4 Å². The van der Waals surface area contributed by atoms with E-state index in [0.717, 1.165) is 11.1 Å². The van der Waals surface area contributed by atoms with Crippen molar-refractivity contribution in [2.24, 2.45) is 0 Å². The molecule has 2 aromatic rings. The Balaban J connectivity index is 2.07. The van der Waals surface area contributed by atoms with Crippen LogP contribution in [0.1, 0.15) is 28.4 Å². The molecular formula is C19H20ClNO4. The summed E-state index contributed by atoms with van der Waals surface area (Å²) in [6.45, 7) is 5.27. The van der Waals surface area contributed by atoms with Gasteiger partial charge in [-0.2, -0.15) is 0 Å². The molecule has 0 aliphatic rings. The average molecular weight is 362 g/mol. The molecule has 0 aliphatic carbocycles. The van der Waals surface area contributed by atoms with Gasteiger partial charge in [0.1, 0.15) is 5.75 Å². The third kappa shape index (κ3) is 4.73. The number of hydrogen-bond acceptors (Lipinski definition) is 4. The third-order valence-corrected chi connectivity index (χ3v) is 3.91. The summed E-state index contributed by atoms with van der Waals surface area (Å²) in [5, 5.41) is 3.11. The standard InChI is InChI=1S/C19H20ClNO4/c1-11-5-7-15(12(2)9-11)19(23)25-13(3)18(22)21-16-10-14(20)6-8-17(16)24-4/h5-10,13H,1-4H3,(H,21,22)/t13-/m1/s1. The second-order valence-electron chi connectivity index (χ2n) is 5.70. The Bertz CT molecular complexity index is 804. The average Bonchev–Trinajstić information content (AvgIpc) is 2.54. The van der Waals surface area contributed by atoms with E-state index < -0.39 is 18.0 Å². The summed E-state index contributed by atoms with van der Waals surface area (Å²) in [5.74, 6) is -0.553. The lowest BCUT2D eigenvalue weighted by molar-refractivity contribution is -0.123. The van der Waals surface area contributed by atoms with Crippen LogP contribution in [0.2, 0.25) is 5.02 Å². The molecule has 0 aromatic heterocycles. The van der Waals surface area contributed by atoms with Gasteiger partial charge in [0.15, 0.2) is 6.10 Å². The minimum Gasteiger partial charge on any atom is -0.495 e. The highest BCUT2D eigenvalue weighted by Gasteiger charge is 2.21. The van der Waals surface area contributed by atoms with E-state index in [0.29, 0.717) is 22.0 Å². The number of hydrogen-bond donors (Lipinski definition) is 1. The number of methoxy groups -OCH3 is 1. The van der Waals surface area contributed by atoms with Crippen molar-refractivity contribution in [3.05, 3.63) is 58.1 Å². The first-order valence-corrected chi connectivity index (χ1v) is 8.12. The highest BCUT2D eigenvalue weighted by molar-refractivity contribution is 6.31. The van der Waals surface area contributed by atoms with Crippen LogP contribution in [0.3, 0.4) is 0 Å². The predicted molar refractivity (Wildman–Crippen MR) is 97.4 cm³/mol. The highest BCUT2D eigenvalue weighted by atomic mass is 35.5. The number of nitrogens with one attached hydrogen (secondary N) is 1. The van der Waals surface area contributed by atoms with Crippen molar-refractivity contribution in [2.45, 2.75) is 26.9 Å². The Hall–Kier alpha value is -2.53. The molecular weight excluding hydrogens is 342 g/mol. The zero-order chi connectivity index (χ0) is 18.6. The summed E-state index contributed by atoms with van der Waals surface area (Å²) in [4.78, 5) is 24.6. The van der Waals surface area contributed by atoms with Gasteiger partial charge < -0.3 is 14.8 Å². The number of carbonyl (C=O) groups excluding carboxylic acids is 2. The molecule has 6 heteroatoms. The number of rotatable bonds is 5. The predicted octanol–water partition coefficient (Wildman–Crippen LogP) is 4.15. The molecule has 1 atom stereocenters.